The molecule has 0 spiro atoms. The largest absolute Gasteiger partial charge is 0.397 e. The Kier molecular flexibility index (Phi) is 19.2. The standard InChI is InChI=1S/C12H24O37S9/c13-50(14)43-7-4(2-40-51(15,16)17)42-12(11(49-58(36,37)38)10(7)48-57(33,34)35)39-1-5(44-53(21,22)23)8(46-55(27,28)29)9(47-56(30,31)32)6(45-54(24,25)26)3-41-52(18,19)20/h4-12,50H,1-3H2,(H,15,16,17)(H,18,19,20)(H,21,22,23)(H,24,25,26)(H,27,28,29)(H,30,31,32)(H,33,34,35)(H,36,37,38)/t4-,5-,6+,7-,8-,9-,10+,11-,12-/m1/s1. The molecule has 58 heavy (non-hydrogen) atoms. The summed E-state index contributed by atoms with van der Waals surface area (Å²) < 4.78 is 327. The van der Waals surface area contributed by atoms with Gasteiger partial charge in [0.1, 0.15) is 42.7 Å². The molecule has 0 aliphatic carbocycles. The highest BCUT2D eigenvalue weighted by molar-refractivity contribution is 7.82. The Morgan fingerprint density at radius 3 is 1.19 bits per heavy atom. The van der Waals surface area contributed by atoms with Crippen molar-refractivity contribution in [2.75, 3.05) is 19.8 Å². The molecular formula is C12H24O37S9. The van der Waals surface area contributed by atoms with Gasteiger partial charge in [-0.15, -0.1) is 0 Å². The highest BCUT2D eigenvalue weighted by Crippen LogP contribution is 2.32. The zero-order valence-electron chi connectivity index (χ0n) is 26.4. The van der Waals surface area contributed by atoms with Crippen LogP contribution in [0.2, 0.25) is 0 Å². The van der Waals surface area contributed by atoms with Gasteiger partial charge in [-0.3, -0.25) is 40.6 Å². The number of rotatable bonds is 26. The Morgan fingerprint density at radius 2 is 0.845 bits per heavy atom. The van der Waals surface area contributed by atoms with Crippen molar-refractivity contribution in [1.29, 1.82) is 0 Å². The smallest absolute Gasteiger partial charge is 0.347 e. The summed E-state index contributed by atoms with van der Waals surface area (Å²) in [7, 11) is -53.4. The zero-order chi connectivity index (χ0) is 45.7. The van der Waals surface area contributed by atoms with Crippen LogP contribution in [0.4, 0.5) is 0 Å². The molecule has 0 bridgehead atoms. The van der Waals surface area contributed by atoms with Gasteiger partial charge in [0, 0.05) is 0 Å². The summed E-state index contributed by atoms with van der Waals surface area (Å²) in [6.07, 6.45) is -29.8. The van der Waals surface area contributed by atoms with E-state index in [-0.39, 0.29) is 0 Å². The lowest BCUT2D eigenvalue weighted by atomic mass is 9.99. The van der Waals surface area contributed by atoms with Crippen LogP contribution >= 0.6 is 0 Å². The molecule has 0 aromatic heterocycles. The van der Waals surface area contributed by atoms with E-state index < -0.39 is 169 Å². The number of thiol groups is 1. The SMILES string of the molecule is O=[SH](=O)O[C@H]1[C@H](OS(=O)(=O)O)[C@@H](OS(=O)(=O)O)[C@H](OC[C@@H](OS(=O)(=O)O)[C@@H](OS(=O)(=O)O)[C@H](OS(=O)(=O)O)[C@H](COS(=O)(=O)O)OS(=O)(=O)O)O[C@@H]1COS(=O)(=O)O. The minimum atomic E-state index is -6.40. The fourth-order valence-corrected chi connectivity index (χ4v) is 8.00. The normalized spacial score (nSPS) is 24.3. The molecule has 0 saturated carbocycles. The summed E-state index contributed by atoms with van der Waals surface area (Å²) in [6, 6.07) is 0. The van der Waals surface area contributed by atoms with Crippen LogP contribution in [0.5, 0.6) is 0 Å². The Morgan fingerprint density at radius 1 is 0.466 bits per heavy atom. The van der Waals surface area contributed by atoms with E-state index in [0.717, 1.165) is 0 Å². The third-order valence-corrected chi connectivity index (χ3v) is 9.59. The maximum atomic E-state index is 11.8. The second-order valence-corrected chi connectivity index (χ2v) is 18.8. The van der Waals surface area contributed by atoms with E-state index in [1.54, 1.807) is 0 Å². The number of hydrogen-bond acceptors (Lipinski definition) is 29. The molecule has 0 amide bonds. The minimum Gasteiger partial charge on any atom is -0.347 e. The average molecular weight is 1050 g/mol. The first-order valence-electron chi connectivity index (χ1n) is 12.8. The van der Waals surface area contributed by atoms with Gasteiger partial charge < -0.3 is 9.47 Å². The monoisotopic (exact) mass is 1050 g/mol. The first kappa shape index (κ1) is 54.8. The topological polar surface area (TPSA) is 571 Å². The number of ether oxygens (including phenoxy) is 2. The summed E-state index contributed by atoms with van der Waals surface area (Å²) >= 11 is 0. The first-order valence-corrected chi connectivity index (χ1v) is 24.8. The molecule has 9 atom stereocenters. The van der Waals surface area contributed by atoms with Crippen molar-refractivity contribution in [1.82, 2.24) is 0 Å². The Hall–Kier alpha value is -1.21. The van der Waals surface area contributed by atoms with Crippen LogP contribution in [-0.2, 0) is 141 Å². The predicted octanol–water partition coefficient (Wildman–Crippen LogP) is -7.59. The quantitative estimate of drug-likeness (QED) is 0.0287. The predicted molar refractivity (Wildman–Crippen MR) is 163 cm³/mol. The van der Waals surface area contributed by atoms with E-state index >= 15 is 0 Å². The Bertz CT molecular complexity index is 2390. The summed E-state index contributed by atoms with van der Waals surface area (Å²) in [4.78, 5) is 0. The molecule has 1 rings (SSSR count). The minimum absolute atomic E-state index is 1.83. The van der Waals surface area contributed by atoms with Crippen molar-refractivity contribution >= 4 is 94.2 Å². The van der Waals surface area contributed by atoms with E-state index in [4.69, 9.17) is 23.1 Å². The van der Waals surface area contributed by atoms with E-state index in [2.05, 4.69) is 37.6 Å². The van der Waals surface area contributed by atoms with Crippen LogP contribution in [-0.4, -0.2) is 187 Å². The average Bonchev–Trinajstić information content (AvgIpc) is 2.92. The van der Waals surface area contributed by atoms with E-state index in [1.165, 1.54) is 0 Å². The van der Waals surface area contributed by atoms with Crippen molar-refractivity contribution in [2.45, 2.75) is 55.1 Å². The molecule has 0 radical (unpaired) electrons. The highest BCUT2D eigenvalue weighted by Gasteiger charge is 2.54. The van der Waals surface area contributed by atoms with Crippen molar-refractivity contribution in [2.24, 2.45) is 0 Å². The van der Waals surface area contributed by atoms with Crippen LogP contribution < -0.4 is 0 Å². The third-order valence-electron chi connectivity index (χ3n) is 5.46. The van der Waals surface area contributed by atoms with Crippen LogP contribution in [0.25, 0.3) is 0 Å². The zero-order valence-corrected chi connectivity index (χ0v) is 33.9. The second kappa shape index (κ2) is 20.3. The lowest BCUT2D eigenvalue weighted by Crippen LogP contribution is -2.63. The molecular weight excluding hydrogens is 1020 g/mol. The van der Waals surface area contributed by atoms with E-state index in [1.807, 2.05) is 0 Å². The molecule has 1 heterocycles. The van der Waals surface area contributed by atoms with Gasteiger partial charge >= 0.3 is 83.2 Å². The molecule has 1 saturated heterocycles. The van der Waals surface area contributed by atoms with Crippen LogP contribution in [0, 0.1) is 0 Å². The van der Waals surface area contributed by atoms with Crippen molar-refractivity contribution in [3.63, 3.8) is 0 Å². The van der Waals surface area contributed by atoms with Crippen LogP contribution in [0.1, 0.15) is 0 Å². The molecule has 0 aromatic rings. The van der Waals surface area contributed by atoms with Crippen molar-refractivity contribution in [3.05, 3.63) is 0 Å². The van der Waals surface area contributed by atoms with Gasteiger partial charge in [0.25, 0.3) is 11.0 Å². The maximum Gasteiger partial charge on any atom is 0.397 e. The van der Waals surface area contributed by atoms with E-state index in [0.29, 0.717) is 0 Å². The summed E-state index contributed by atoms with van der Waals surface area (Å²) in [6.45, 7) is -6.39. The van der Waals surface area contributed by atoms with Gasteiger partial charge in [-0.05, 0) is 0 Å². The second-order valence-electron chi connectivity index (χ2n) is 9.67. The van der Waals surface area contributed by atoms with Crippen molar-refractivity contribution in [3.8, 4) is 0 Å². The summed E-state index contributed by atoms with van der Waals surface area (Å²) in [5, 5.41) is 0. The molecule has 1 aliphatic rings. The van der Waals surface area contributed by atoms with Crippen LogP contribution in [0.3, 0.4) is 0 Å². The Balaban J connectivity index is 4.21. The van der Waals surface area contributed by atoms with Gasteiger partial charge in [0.2, 0.25) is 0 Å². The highest BCUT2D eigenvalue weighted by atomic mass is 32.3. The fourth-order valence-electron chi connectivity index (χ4n) is 3.97. The third kappa shape index (κ3) is 23.7. The fraction of sp³-hybridized carbons (Fsp3) is 1.00. The van der Waals surface area contributed by atoms with E-state index in [9.17, 15) is 98.5 Å². The molecule has 1 aliphatic heterocycles. The van der Waals surface area contributed by atoms with Gasteiger partial charge in [-0.1, -0.05) is 0 Å². The van der Waals surface area contributed by atoms with Gasteiger partial charge in [0.15, 0.2) is 12.4 Å². The van der Waals surface area contributed by atoms with Crippen molar-refractivity contribution < 1.29 is 159 Å². The molecule has 0 unspecified atom stereocenters. The number of hydrogen-bond donors (Lipinski definition) is 9. The van der Waals surface area contributed by atoms with Crippen LogP contribution in [0.15, 0.2) is 0 Å². The molecule has 46 heteroatoms. The molecule has 0 aromatic carbocycles. The van der Waals surface area contributed by atoms with Gasteiger partial charge in [-0.2, -0.15) is 67.3 Å². The van der Waals surface area contributed by atoms with Gasteiger partial charge in [-0.25, -0.2) is 41.9 Å². The Labute approximate surface area is 327 Å². The lowest BCUT2D eigenvalue weighted by Gasteiger charge is -2.43. The summed E-state index contributed by atoms with van der Waals surface area (Å²) in [5.74, 6) is 0. The first-order chi connectivity index (χ1) is 25.5. The molecule has 37 nitrogen and oxygen atoms in total. The molecule has 348 valence electrons. The van der Waals surface area contributed by atoms with Gasteiger partial charge in [0.05, 0.1) is 19.8 Å². The lowest BCUT2D eigenvalue weighted by molar-refractivity contribution is -0.291. The molecule has 1 fully saturated rings. The maximum absolute atomic E-state index is 11.8. The molecule has 8 N–H and O–H groups in total. The summed E-state index contributed by atoms with van der Waals surface area (Å²) in [5.41, 5.74) is 0.